The molecule has 0 radical (unpaired) electrons. The van der Waals surface area contributed by atoms with E-state index in [1.165, 1.54) is 64.5 Å². The molecule has 2 unspecified atom stereocenters. The summed E-state index contributed by atoms with van der Waals surface area (Å²) in [6.07, 6.45) is 11.6. The monoisotopic (exact) mass is 236 g/mol. The Bertz CT molecular complexity index is 253. The van der Waals surface area contributed by atoms with Gasteiger partial charge in [-0.1, -0.05) is 25.7 Å². The van der Waals surface area contributed by atoms with E-state index in [1.54, 1.807) is 0 Å². The van der Waals surface area contributed by atoms with Crippen molar-refractivity contribution < 1.29 is 0 Å². The Morgan fingerprint density at radius 3 is 2.71 bits per heavy atom. The molecule has 4 atom stereocenters. The van der Waals surface area contributed by atoms with Crippen molar-refractivity contribution in [2.24, 2.45) is 5.92 Å². The van der Waals surface area contributed by atoms with E-state index in [1.807, 2.05) is 0 Å². The Labute approximate surface area is 106 Å². The molecule has 0 aromatic heterocycles. The lowest BCUT2D eigenvalue weighted by Gasteiger charge is -2.40. The number of fused-ring (bicyclic) bond motifs is 2. The third-order valence-corrected chi connectivity index (χ3v) is 5.50. The van der Waals surface area contributed by atoms with Crippen LogP contribution < -0.4 is 5.32 Å². The van der Waals surface area contributed by atoms with E-state index >= 15 is 0 Å². The van der Waals surface area contributed by atoms with Crippen LogP contribution in [-0.4, -0.2) is 36.1 Å². The first-order chi connectivity index (χ1) is 8.36. The van der Waals surface area contributed by atoms with Crippen molar-refractivity contribution in [3.8, 4) is 0 Å². The molecule has 0 aromatic carbocycles. The molecule has 3 rings (SSSR count). The van der Waals surface area contributed by atoms with Crippen molar-refractivity contribution in [3.05, 3.63) is 0 Å². The van der Waals surface area contributed by atoms with Crippen LogP contribution in [0.2, 0.25) is 0 Å². The van der Waals surface area contributed by atoms with E-state index in [2.05, 4.69) is 17.1 Å². The molecule has 0 amide bonds. The van der Waals surface area contributed by atoms with Crippen molar-refractivity contribution in [1.29, 1.82) is 0 Å². The average Bonchev–Trinajstić information content (AvgIpc) is 2.66. The molecule has 0 bridgehead atoms. The quantitative estimate of drug-likeness (QED) is 0.696. The highest BCUT2D eigenvalue weighted by Gasteiger charge is 2.38. The van der Waals surface area contributed by atoms with Gasteiger partial charge in [0.1, 0.15) is 0 Å². The van der Waals surface area contributed by atoms with Gasteiger partial charge in [0.2, 0.25) is 0 Å². The summed E-state index contributed by atoms with van der Waals surface area (Å²) >= 11 is 0. The molecule has 3 aliphatic rings. The van der Waals surface area contributed by atoms with Gasteiger partial charge in [0.15, 0.2) is 0 Å². The highest BCUT2D eigenvalue weighted by molar-refractivity contribution is 4.95. The lowest BCUT2D eigenvalue weighted by Crippen LogP contribution is -2.48. The zero-order valence-electron chi connectivity index (χ0n) is 11.3. The fraction of sp³-hybridized carbons (Fsp3) is 1.00. The fourth-order valence-corrected chi connectivity index (χ4v) is 4.48. The molecule has 0 spiro atoms. The lowest BCUT2D eigenvalue weighted by molar-refractivity contribution is 0.0834. The van der Waals surface area contributed by atoms with Crippen molar-refractivity contribution >= 4 is 0 Å². The summed E-state index contributed by atoms with van der Waals surface area (Å²) in [5.41, 5.74) is 0. The number of hydrogen-bond donors (Lipinski definition) is 1. The Kier molecular flexibility index (Phi) is 3.72. The summed E-state index contributed by atoms with van der Waals surface area (Å²) in [7, 11) is 0. The molecule has 17 heavy (non-hydrogen) atoms. The number of nitrogens with zero attached hydrogens (tertiary/aromatic N) is 1. The molecule has 98 valence electrons. The molecule has 2 saturated heterocycles. The minimum absolute atomic E-state index is 0.818. The minimum atomic E-state index is 0.818. The minimum Gasteiger partial charge on any atom is -0.312 e. The van der Waals surface area contributed by atoms with Crippen LogP contribution in [0.15, 0.2) is 0 Å². The second-order valence-corrected chi connectivity index (χ2v) is 6.44. The van der Waals surface area contributed by atoms with Crippen LogP contribution in [-0.2, 0) is 0 Å². The van der Waals surface area contributed by atoms with E-state index < -0.39 is 0 Å². The van der Waals surface area contributed by atoms with Gasteiger partial charge in [0, 0.05) is 24.7 Å². The second-order valence-electron chi connectivity index (χ2n) is 6.44. The van der Waals surface area contributed by atoms with Crippen LogP contribution in [0.4, 0.5) is 0 Å². The number of nitrogens with one attached hydrogen (secondary N) is 1. The largest absolute Gasteiger partial charge is 0.312 e. The Balaban J connectivity index is 1.77. The van der Waals surface area contributed by atoms with Crippen LogP contribution in [0.1, 0.15) is 58.3 Å². The Morgan fingerprint density at radius 1 is 0.941 bits per heavy atom. The summed E-state index contributed by atoms with van der Waals surface area (Å²) in [5.74, 6) is 0.917. The van der Waals surface area contributed by atoms with Crippen molar-refractivity contribution in [1.82, 2.24) is 10.2 Å². The maximum Gasteiger partial charge on any atom is 0.0223 e. The fourth-order valence-electron chi connectivity index (χ4n) is 4.48. The summed E-state index contributed by atoms with van der Waals surface area (Å²) in [6.45, 7) is 5.12. The lowest BCUT2D eigenvalue weighted by atomic mass is 9.87. The summed E-state index contributed by atoms with van der Waals surface area (Å²) in [6, 6.07) is 2.47. The third kappa shape index (κ3) is 2.39. The van der Waals surface area contributed by atoms with Gasteiger partial charge in [-0.25, -0.2) is 0 Å². The van der Waals surface area contributed by atoms with Crippen molar-refractivity contribution in [3.63, 3.8) is 0 Å². The molecule has 0 aromatic rings. The van der Waals surface area contributed by atoms with E-state index in [4.69, 9.17) is 0 Å². The zero-order chi connectivity index (χ0) is 11.7. The molecule has 2 heteroatoms. The smallest absolute Gasteiger partial charge is 0.0223 e. The van der Waals surface area contributed by atoms with Crippen molar-refractivity contribution in [2.45, 2.75) is 76.4 Å². The standard InChI is InChI=1S/C15H28N2/c1-12-14-8-3-2-4-9-15(14)16-11-13-7-5-6-10-17(12)13/h12-16H,2-11H2,1H3/t12-,13?,14-,15?/m0/s1. The molecule has 2 nitrogen and oxygen atoms in total. The topological polar surface area (TPSA) is 15.3 Å². The molecule has 1 saturated carbocycles. The first kappa shape index (κ1) is 12.0. The maximum absolute atomic E-state index is 3.91. The van der Waals surface area contributed by atoms with Gasteiger partial charge in [-0.3, -0.25) is 4.90 Å². The zero-order valence-corrected chi connectivity index (χ0v) is 11.3. The van der Waals surface area contributed by atoms with E-state index in [0.717, 1.165) is 24.0 Å². The van der Waals surface area contributed by atoms with Crippen LogP contribution in [0.5, 0.6) is 0 Å². The van der Waals surface area contributed by atoms with Gasteiger partial charge < -0.3 is 5.32 Å². The highest BCUT2D eigenvalue weighted by atomic mass is 15.2. The third-order valence-electron chi connectivity index (χ3n) is 5.50. The number of piperidine rings is 1. The van der Waals surface area contributed by atoms with Gasteiger partial charge in [-0.2, -0.15) is 0 Å². The molecule has 2 aliphatic heterocycles. The number of rotatable bonds is 0. The average molecular weight is 236 g/mol. The first-order valence-electron chi connectivity index (χ1n) is 7.85. The maximum atomic E-state index is 3.91. The summed E-state index contributed by atoms with van der Waals surface area (Å²) < 4.78 is 0. The molecular weight excluding hydrogens is 208 g/mol. The van der Waals surface area contributed by atoms with Gasteiger partial charge in [-0.05, 0) is 45.1 Å². The van der Waals surface area contributed by atoms with Crippen LogP contribution >= 0.6 is 0 Å². The number of hydrogen-bond acceptors (Lipinski definition) is 2. The highest BCUT2D eigenvalue weighted by Crippen LogP contribution is 2.33. The van der Waals surface area contributed by atoms with Gasteiger partial charge in [0.25, 0.3) is 0 Å². The van der Waals surface area contributed by atoms with E-state index in [-0.39, 0.29) is 0 Å². The van der Waals surface area contributed by atoms with Gasteiger partial charge >= 0.3 is 0 Å². The molecule has 1 N–H and O–H groups in total. The normalized spacial score (nSPS) is 44.3. The van der Waals surface area contributed by atoms with E-state index in [0.29, 0.717) is 0 Å². The van der Waals surface area contributed by atoms with E-state index in [9.17, 15) is 0 Å². The van der Waals surface area contributed by atoms with Crippen LogP contribution in [0, 0.1) is 5.92 Å². The summed E-state index contributed by atoms with van der Waals surface area (Å²) in [4.78, 5) is 2.84. The molecule has 1 aliphatic carbocycles. The van der Waals surface area contributed by atoms with Crippen molar-refractivity contribution in [2.75, 3.05) is 13.1 Å². The Morgan fingerprint density at radius 2 is 1.76 bits per heavy atom. The Hall–Kier alpha value is -0.0800. The molecule has 3 fully saturated rings. The van der Waals surface area contributed by atoms with Crippen LogP contribution in [0.25, 0.3) is 0 Å². The predicted molar refractivity (Wildman–Crippen MR) is 72.2 cm³/mol. The van der Waals surface area contributed by atoms with Gasteiger partial charge in [-0.15, -0.1) is 0 Å². The van der Waals surface area contributed by atoms with Crippen LogP contribution in [0.3, 0.4) is 0 Å². The molecule has 2 heterocycles. The predicted octanol–water partition coefficient (Wildman–Crippen LogP) is 2.78. The SMILES string of the molecule is C[C@H]1[C@@H]2CCCCCC2NCC2CCCCN21. The first-order valence-corrected chi connectivity index (χ1v) is 7.85. The van der Waals surface area contributed by atoms with Gasteiger partial charge in [0.05, 0.1) is 0 Å². The summed E-state index contributed by atoms with van der Waals surface area (Å²) in [5, 5.41) is 3.91. The second kappa shape index (κ2) is 5.27. The molecular formula is C15H28N2.